The third kappa shape index (κ3) is 6.66. The molecule has 0 spiro atoms. The zero-order valence-electron chi connectivity index (χ0n) is 18.0. The standard InChI is InChI=1S/C25H32O5/c1-25(15-6-16-28-17-21-9-12-23(27-2)13-10-21)24(14-11-22(26)19-30-25)29-18-20-7-4-3-5-8-20/h3-5,7-10,12-13,24H,6,11,14-19H2,1-2H3/t24-,25+/m1/s1. The van der Waals surface area contributed by atoms with Gasteiger partial charge in [0.1, 0.15) is 12.4 Å². The van der Waals surface area contributed by atoms with Crippen molar-refractivity contribution in [1.82, 2.24) is 0 Å². The Bertz CT molecular complexity index is 774. The van der Waals surface area contributed by atoms with Crippen LogP contribution < -0.4 is 4.74 Å². The second kappa shape index (κ2) is 11.3. The summed E-state index contributed by atoms with van der Waals surface area (Å²) in [6.07, 6.45) is 2.69. The lowest BCUT2D eigenvalue weighted by Crippen LogP contribution is -2.43. The second-order valence-electron chi connectivity index (χ2n) is 7.97. The number of ether oxygens (including phenoxy) is 4. The van der Waals surface area contributed by atoms with Gasteiger partial charge in [0, 0.05) is 13.0 Å². The maximum absolute atomic E-state index is 12.0. The van der Waals surface area contributed by atoms with E-state index < -0.39 is 5.60 Å². The van der Waals surface area contributed by atoms with Crippen LogP contribution in [0.4, 0.5) is 0 Å². The molecule has 1 aliphatic heterocycles. The topological polar surface area (TPSA) is 54.0 Å². The van der Waals surface area contributed by atoms with Crippen molar-refractivity contribution in [2.24, 2.45) is 0 Å². The predicted octanol–water partition coefficient (Wildman–Crippen LogP) is 4.72. The minimum absolute atomic E-state index is 0.120. The first kappa shape index (κ1) is 22.5. The first-order chi connectivity index (χ1) is 14.6. The molecular weight excluding hydrogens is 380 g/mol. The number of hydrogen-bond donors (Lipinski definition) is 0. The molecule has 1 fully saturated rings. The van der Waals surface area contributed by atoms with E-state index in [1.165, 1.54) is 0 Å². The van der Waals surface area contributed by atoms with Gasteiger partial charge in [-0.05, 0) is 49.4 Å². The normalized spacial score (nSPS) is 21.9. The van der Waals surface area contributed by atoms with Crippen molar-refractivity contribution in [3.8, 4) is 5.75 Å². The van der Waals surface area contributed by atoms with Crippen LogP contribution >= 0.6 is 0 Å². The number of ketones is 1. The smallest absolute Gasteiger partial charge is 0.158 e. The van der Waals surface area contributed by atoms with Crippen LogP contribution in [-0.2, 0) is 32.2 Å². The minimum atomic E-state index is -0.496. The molecule has 162 valence electrons. The van der Waals surface area contributed by atoms with Gasteiger partial charge >= 0.3 is 0 Å². The van der Waals surface area contributed by atoms with Crippen molar-refractivity contribution in [3.05, 3.63) is 65.7 Å². The zero-order chi connectivity index (χ0) is 21.2. The molecule has 0 saturated carbocycles. The molecule has 30 heavy (non-hydrogen) atoms. The van der Waals surface area contributed by atoms with E-state index in [1.54, 1.807) is 7.11 Å². The number of carbonyl (C=O) groups excluding carboxylic acids is 1. The Kier molecular flexibility index (Phi) is 8.43. The van der Waals surface area contributed by atoms with E-state index in [4.69, 9.17) is 18.9 Å². The summed E-state index contributed by atoms with van der Waals surface area (Å²) in [5.74, 6) is 0.982. The SMILES string of the molecule is COc1ccc(COCCC[C@]2(C)OCC(=O)CC[C@H]2OCc2ccccc2)cc1. The summed E-state index contributed by atoms with van der Waals surface area (Å²) in [7, 11) is 1.66. The Balaban J connectivity index is 1.48. The molecule has 0 radical (unpaired) electrons. The van der Waals surface area contributed by atoms with Crippen molar-refractivity contribution >= 4 is 5.78 Å². The maximum atomic E-state index is 12.0. The summed E-state index contributed by atoms with van der Waals surface area (Å²) in [6, 6.07) is 18.0. The Morgan fingerprint density at radius 2 is 1.77 bits per heavy atom. The third-order valence-corrected chi connectivity index (χ3v) is 5.61. The molecule has 0 aromatic heterocycles. The van der Waals surface area contributed by atoms with Crippen molar-refractivity contribution in [2.45, 2.75) is 57.5 Å². The molecule has 1 saturated heterocycles. The van der Waals surface area contributed by atoms with E-state index in [2.05, 4.69) is 6.92 Å². The van der Waals surface area contributed by atoms with Crippen molar-refractivity contribution in [2.75, 3.05) is 20.3 Å². The summed E-state index contributed by atoms with van der Waals surface area (Å²) < 4.78 is 23.3. The number of methoxy groups -OCH3 is 1. The van der Waals surface area contributed by atoms with Crippen LogP contribution in [-0.4, -0.2) is 37.8 Å². The molecule has 3 rings (SSSR count). The molecule has 5 heteroatoms. The molecule has 0 bridgehead atoms. The van der Waals surface area contributed by atoms with Gasteiger partial charge in [-0.3, -0.25) is 4.79 Å². The van der Waals surface area contributed by atoms with Crippen molar-refractivity contribution in [3.63, 3.8) is 0 Å². The number of carbonyl (C=O) groups is 1. The molecule has 2 aromatic carbocycles. The molecule has 0 unspecified atom stereocenters. The van der Waals surface area contributed by atoms with Crippen LogP contribution in [0.3, 0.4) is 0 Å². The van der Waals surface area contributed by atoms with Gasteiger partial charge in [-0.15, -0.1) is 0 Å². The van der Waals surface area contributed by atoms with Gasteiger partial charge in [-0.2, -0.15) is 0 Å². The van der Waals surface area contributed by atoms with Crippen LogP contribution in [0.2, 0.25) is 0 Å². The summed E-state index contributed by atoms with van der Waals surface area (Å²) in [4.78, 5) is 12.0. The van der Waals surface area contributed by atoms with Crippen LogP contribution in [0.15, 0.2) is 54.6 Å². The monoisotopic (exact) mass is 412 g/mol. The van der Waals surface area contributed by atoms with Gasteiger partial charge in [0.25, 0.3) is 0 Å². The molecular formula is C25H32O5. The number of rotatable bonds is 10. The molecule has 1 heterocycles. The average Bonchev–Trinajstić information content (AvgIpc) is 2.92. The van der Waals surface area contributed by atoms with Crippen molar-refractivity contribution < 1.29 is 23.7 Å². The van der Waals surface area contributed by atoms with E-state index in [-0.39, 0.29) is 18.5 Å². The lowest BCUT2D eigenvalue weighted by atomic mass is 9.90. The summed E-state index contributed by atoms with van der Waals surface area (Å²) in [6.45, 7) is 3.93. The quantitative estimate of drug-likeness (QED) is 0.529. The first-order valence-corrected chi connectivity index (χ1v) is 10.6. The fraction of sp³-hybridized carbons (Fsp3) is 0.480. The molecule has 0 N–H and O–H groups in total. The van der Waals surface area contributed by atoms with E-state index in [0.717, 1.165) is 29.7 Å². The summed E-state index contributed by atoms with van der Waals surface area (Å²) in [5.41, 5.74) is 1.74. The highest BCUT2D eigenvalue weighted by Crippen LogP contribution is 2.31. The van der Waals surface area contributed by atoms with Crippen LogP contribution in [0, 0.1) is 0 Å². The van der Waals surface area contributed by atoms with Gasteiger partial charge in [-0.1, -0.05) is 42.5 Å². The molecule has 1 aliphatic rings. The number of hydrogen-bond acceptors (Lipinski definition) is 5. The largest absolute Gasteiger partial charge is 0.497 e. The molecule has 5 nitrogen and oxygen atoms in total. The summed E-state index contributed by atoms with van der Waals surface area (Å²) in [5, 5.41) is 0. The van der Waals surface area contributed by atoms with Gasteiger partial charge < -0.3 is 18.9 Å². The first-order valence-electron chi connectivity index (χ1n) is 10.6. The lowest BCUT2D eigenvalue weighted by Gasteiger charge is -2.36. The van der Waals surface area contributed by atoms with Crippen LogP contribution in [0.5, 0.6) is 5.75 Å². The highest BCUT2D eigenvalue weighted by Gasteiger charge is 2.38. The van der Waals surface area contributed by atoms with Crippen molar-refractivity contribution in [1.29, 1.82) is 0 Å². The van der Waals surface area contributed by atoms with E-state index in [9.17, 15) is 4.79 Å². The zero-order valence-corrected chi connectivity index (χ0v) is 18.0. The number of Topliss-reactive ketones (excluding diaryl/α,β-unsaturated/α-hetero) is 1. The summed E-state index contributed by atoms with van der Waals surface area (Å²) >= 11 is 0. The Hall–Kier alpha value is -2.21. The van der Waals surface area contributed by atoms with Gasteiger partial charge in [0.2, 0.25) is 0 Å². The predicted molar refractivity (Wildman–Crippen MR) is 116 cm³/mol. The Labute approximate surface area is 179 Å². The van der Waals surface area contributed by atoms with Crippen LogP contribution in [0.25, 0.3) is 0 Å². The highest BCUT2D eigenvalue weighted by atomic mass is 16.6. The Morgan fingerprint density at radius 1 is 1.03 bits per heavy atom. The minimum Gasteiger partial charge on any atom is -0.497 e. The average molecular weight is 413 g/mol. The number of benzene rings is 2. The third-order valence-electron chi connectivity index (χ3n) is 5.61. The Morgan fingerprint density at radius 3 is 2.50 bits per heavy atom. The molecule has 2 aromatic rings. The molecule has 2 atom stereocenters. The fourth-order valence-electron chi connectivity index (χ4n) is 3.71. The van der Waals surface area contributed by atoms with Crippen LogP contribution in [0.1, 0.15) is 43.7 Å². The molecule has 0 amide bonds. The highest BCUT2D eigenvalue weighted by molar-refractivity contribution is 5.80. The van der Waals surface area contributed by atoms with E-state index in [1.807, 2.05) is 54.6 Å². The van der Waals surface area contributed by atoms with Gasteiger partial charge in [-0.25, -0.2) is 0 Å². The van der Waals surface area contributed by atoms with E-state index in [0.29, 0.717) is 32.7 Å². The maximum Gasteiger partial charge on any atom is 0.158 e. The molecule has 0 aliphatic carbocycles. The van der Waals surface area contributed by atoms with Gasteiger partial charge in [0.15, 0.2) is 5.78 Å². The fourth-order valence-corrected chi connectivity index (χ4v) is 3.71. The van der Waals surface area contributed by atoms with E-state index >= 15 is 0 Å². The second-order valence-corrected chi connectivity index (χ2v) is 7.97. The van der Waals surface area contributed by atoms with Gasteiger partial charge in [0.05, 0.1) is 32.0 Å². The lowest BCUT2D eigenvalue weighted by molar-refractivity contribution is -0.147.